The van der Waals surface area contributed by atoms with Crippen LogP contribution in [0.1, 0.15) is 5.56 Å². The molecule has 0 amide bonds. The van der Waals surface area contributed by atoms with E-state index in [4.69, 9.17) is 17.0 Å². The Morgan fingerprint density at radius 3 is 2.64 bits per heavy atom. The number of nitrogens with zero attached hydrogens (tertiary/aromatic N) is 4. The minimum Gasteiger partial charge on any atom is -0.496 e. The van der Waals surface area contributed by atoms with Crippen molar-refractivity contribution in [1.29, 1.82) is 0 Å². The molecule has 9 heteroatoms. The second kappa shape index (κ2) is 8.22. The van der Waals surface area contributed by atoms with Crippen LogP contribution in [0, 0.1) is 9.77 Å². The normalized spacial score (nSPS) is 16.1. The first-order valence-corrected chi connectivity index (χ1v) is 9.34. The van der Waals surface area contributed by atoms with E-state index in [1.54, 1.807) is 19.2 Å². The van der Waals surface area contributed by atoms with E-state index in [2.05, 4.69) is 20.2 Å². The second-order valence-corrected chi connectivity index (χ2v) is 7.54. The molecule has 25 heavy (non-hydrogen) atoms. The van der Waals surface area contributed by atoms with Gasteiger partial charge < -0.3 is 10.1 Å². The molecular formula is C16H22FN5OS2. The van der Waals surface area contributed by atoms with Crippen LogP contribution in [0.15, 0.2) is 18.2 Å². The molecule has 1 aromatic heterocycles. The van der Waals surface area contributed by atoms with Crippen molar-refractivity contribution in [3.05, 3.63) is 33.5 Å². The van der Waals surface area contributed by atoms with Gasteiger partial charge in [-0.15, -0.1) is 5.10 Å². The summed E-state index contributed by atoms with van der Waals surface area (Å²) >= 11 is 6.83. The van der Waals surface area contributed by atoms with Crippen molar-refractivity contribution in [3.63, 3.8) is 0 Å². The molecule has 1 fully saturated rings. The molecule has 0 radical (unpaired) electrons. The van der Waals surface area contributed by atoms with Gasteiger partial charge >= 0.3 is 0 Å². The van der Waals surface area contributed by atoms with Gasteiger partial charge in [0.05, 0.1) is 13.8 Å². The Morgan fingerprint density at radius 2 is 2.00 bits per heavy atom. The van der Waals surface area contributed by atoms with E-state index in [1.165, 1.54) is 17.4 Å². The molecule has 0 unspecified atom stereocenters. The zero-order chi connectivity index (χ0) is 17.8. The summed E-state index contributed by atoms with van der Waals surface area (Å²) < 4.78 is 21.5. The minimum atomic E-state index is -0.229. The average molecular weight is 384 g/mol. The van der Waals surface area contributed by atoms with Crippen molar-refractivity contribution in [2.75, 3.05) is 45.7 Å². The van der Waals surface area contributed by atoms with Gasteiger partial charge in [0, 0.05) is 45.3 Å². The Labute approximate surface area is 155 Å². The molecule has 0 bridgehead atoms. The summed E-state index contributed by atoms with van der Waals surface area (Å²) in [7, 11) is 3.46. The third kappa shape index (κ3) is 4.55. The van der Waals surface area contributed by atoms with Gasteiger partial charge in [-0.1, -0.05) is 11.3 Å². The molecule has 2 heterocycles. The zero-order valence-electron chi connectivity index (χ0n) is 14.4. The predicted octanol–water partition coefficient (Wildman–Crippen LogP) is 2.64. The standard InChI is InChI=1S/C16H22FN5OS2/c1-18-15-19-22(16(24)25-15)11-21-7-5-20(6-8-21)10-12-9-13(17)3-4-14(12)23-2/h3-4,9H,5-8,10-11H2,1-2H3,(H,18,19). The Kier molecular flexibility index (Phi) is 6.00. The third-order valence-electron chi connectivity index (χ3n) is 4.26. The van der Waals surface area contributed by atoms with Gasteiger partial charge in [0.25, 0.3) is 0 Å². The molecule has 0 atom stereocenters. The van der Waals surface area contributed by atoms with E-state index >= 15 is 0 Å². The molecular weight excluding hydrogens is 361 g/mol. The number of ether oxygens (including phenoxy) is 1. The van der Waals surface area contributed by atoms with E-state index in [-0.39, 0.29) is 5.82 Å². The summed E-state index contributed by atoms with van der Waals surface area (Å²) in [5.74, 6) is 0.505. The maximum atomic E-state index is 13.5. The lowest BCUT2D eigenvalue weighted by atomic mass is 10.1. The molecule has 0 spiro atoms. The highest BCUT2D eigenvalue weighted by Crippen LogP contribution is 2.22. The lowest BCUT2D eigenvalue weighted by Gasteiger charge is -2.34. The number of hydrogen-bond acceptors (Lipinski definition) is 7. The van der Waals surface area contributed by atoms with Crippen molar-refractivity contribution in [1.82, 2.24) is 19.6 Å². The summed E-state index contributed by atoms with van der Waals surface area (Å²) in [6, 6.07) is 4.67. The Balaban J connectivity index is 1.56. The van der Waals surface area contributed by atoms with Gasteiger partial charge in [-0.3, -0.25) is 9.80 Å². The van der Waals surface area contributed by atoms with Gasteiger partial charge in [0.1, 0.15) is 11.6 Å². The molecule has 3 rings (SSSR count). The molecule has 1 aliphatic heterocycles. The molecule has 1 N–H and O–H groups in total. The summed E-state index contributed by atoms with van der Waals surface area (Å²) in [6.07, 6.45) is 0. The highest BCUT2D eigenvalue weighted by atomic mass is 32.1. The molecule has 1 saturated heterocycles. The number of anilines is 1. The van der Waals surface area contributed by atoms with Gasteiger partial charge in [0.2, 0.25) is 5.13 Å². The van der Waals surface area contributed by atoms with Crippen LogP contribution in [0.2, 0.25) is 0 Å². The molecule has 136 valence electrons. The summed E-state index contributed by atoms with van der Waals surface area (Å²) in [5, 5.41) is 8.31. The highest BCUT2D eigenvalue weighted by Gasteiger charge is 2.19. The van der Waals surface area contributed by atoms with Crippen molar-refractivity contribution < 1.29 is 9.13 Å². The molecule has 0 aliphatic carbocycles. The number of methoxy groups -OCH3 is 1. The number of hydrogen-bond donors (Lipinski definition) is 1. The SMILES string of the molecule is CNc1nn(CN2CCN(Cc3cc(F)ccc3OC)CC2)c(=S)s1. The number of nitrogens with one attached hydrogen (secondary N) is 1. The van der Waals surface area contributed by atoms with Gasteiger partial charge in [-0.2, -0.15) is 0 Å². The predicted molar refractivity (Wildman–Crippen MR) is 100 cm³/mol. The van der Waals surface area contributed by atoms with Crippen LogP contribution < -0.4 is 10.1 Å². The van der Waals surface area contributed by atoms with Gasteiger partial charge in [0.15, 0.2) is 3.95 Å². The van der Waals surface area contributed by atoms with Crippen molar-refractivity contribution in [3.8, 4) is 5.75 Å². The van der Waals surface area contributed by atoms with E-state index in [0.29, 0.717) is 13.2 Å². The van der Waals surface area contributed by atoms with Crippen molar-refractivity contribution in [2.45, 2.75) is 13.2 Å². The van der Waals surface area contributed by atoms with E-state index in [9.17, 15) is 4.39 Å². The molecule has 0 saturated carbocycles. The largest absolute Gasteiger partial charge is 0.496 e. The van der Waals surface area contributed by atoms with Crippen LogP contribution in [-0.4, -0.2) is 59.9 Å². The first kappa shape index (κ1) is 18.2. The monoisotopic (exact) mass is 383 g/mol. The minimum absolute atomic E-state index is 0.229. The Hall–Kier alpha value is -1.55. The summed E-state index contributed by atoms with van der Waals surface area (Å²) in [4.78, 5) is 4.64. The number of aromatic nitrogens is 2. The fraction of sp³-hybridized carbons (Fsp3) is 0.500. The lowest BCUT2D eigenvalue weighted by Crippen LogP contribution is -2.46. The van der Waals surface area contributed by atoms with Crippen LogP contribution in [0.5, 0.6) is 5.75 Å². The van der Waals surface area contributed by atoms with Crippen molar-refractivity contribution >= 4 is 28.7 Å². The first-order valence-electron chi connectivity index (χ1n) is 8.12. The van der Waals surface area contributed by atoms with Crippen LogP contribution in [0.25, 0.3) is 0 Å². The van der Waals surface area contributed by atoms with Gasteiger partial charge in [-0.25, -0.2) is 9.07 Å². The summed E-state index contributed by atoms with van der Waals surface area (Å²) in [5.41, 5.74) is 0.885. The quantitative estimate of drug-likeness (QED) is 0.774. The molecule has 6 nitrogen and oxygen atoms in total. The molecule has 1 aromatic carbocycles. The maximum absolute atomic E-state index is 13.5. The number of halogens is 1. The molecule has 2 aromatic rings. The number of benzene rings is 1. The third-order valence-corrected chi connectivity index (χ3v) is 5.58. The van der Waals surface area contributed by atoms with Crippen LogP contribution in [0.4, 0.5) is 9.52 Å². The first-order chi connectivity index (χ1) is 12.1. The van der Waals surface area contributed by atoms with E-state index in [0.717, 1.165) is 46.6 Å². The zero-order valence-corrected chi connectivity index (χ0v) is 16.0. The van der Waals surface area contributed by atoms with Crippen LogP contribution in [0.3, 0.4) is 0 Å². The van der Waals surface area contributed by atoms with Crippen molar-refractivity contribution in [2.24, 2.45) is 0 Å². The highest BCUT2D eigenvalue weighted by molar-refractivity contribution is 7.73. The van der Waals surface area contributed by atoms with E-state index in [1.807, 2.05) is 11.7 Å². The fourth-order valence-corrected chi connectivity index (χ4v) is 3.83. The molecule has 1 aliphatic rings. The maximum Gasteiger partial charge on any atom is 0.204 e. The van der Waals surface area contributed by atoms with Crippen LogP contribution >= 0.6 is 23.6 Å². The number of rotatable bonds is 6. The lowest BCUT2D eigenvalue weighted by molar-refractivity contribution is 0.0979. The second-order valence-electron chi connectivity index (χ2n) is 5.91. The van der Waals surface area contributed by atoms with E-state index < -0.39 is 0 Å². The van der Waals surface area contributed by atoms with Gasteiger partial charge in [-0.05, 0) is 30.4 Å². The fourth-order valence-electron chi connectivity index (χ4n) is 2.89. The topological polar surface area (TPSA) is 45.6 Å². The average Bonchev–Trinajstić information content (AvgIpc) is 2.97. The Bertz CT molecular complexity index is 770. The Morgan fingerprint density at radius 1 is 1.28 bits per heavy atom. The number of piperazine rings is 1. The summed E-state index contributed by atoms with van der Waals surface area (Å²) in [6.45, 7) is 5.06. The van der Waals surface area contributed by atoms with Crippen LogP contribution in [-0.2, 0) is 13.2 Å². The smallest absolute Gasteiger partial charge is 0.204 e.